The van der Waals surface area contributed by atoms with Crippen LogP contribution in [0.5, 0.6) is 0 Å². The summed E-state index contributed by atoms with van der Waals surface area (Å²) in [7, 11) is 0. The minimum atomic E-state index is -0.378. The highest BCUT2D eigenvalue weighted by Crippen LogP contribution is 2.24. The zero-order chi connectivity index (χ0) is 14.4. The van der Waals surface area contributed by atoms with Gasteiger partial charge in [0, 0.05) is 26.2 Å². The average molecular weight is 280 g/mol. The molecule has 1 saturated heterocycles. The molecule has 0 amide bonds. The van der Waals surface area contributed by atoms with Crippen LogP contribution in [0.1, 0.15) is 19.8 Å². The maximum atomic E-state index is 11.0. The molecule has 0 radical (unpaired) electrons. The second-order valence-electron chi connectivity index (χ2n) is 4.71. The summed E-state index contributed by atoms with van der Waals surface area (Å²) < 4.78 is 5.40. The molecule has 0 spiro atoms. The molecule has 20 heavy (non-hydrogen) atoms. The molecule has 0 unspecified atom stereocenters. The largest absolute Gasteiger partial charge is 0.380 e. The van der Waals surface area contributed by atoms with Crippen molar-refractivity contribution in [1.29, 1.82) is 0 Å². The number of nitrogens with one attached hydrogen (secondary N) is 1. The third-order valence-corrected chi connectivity index (χ3v) is 3.11. The summed E-state index contributed by atoms with van der Waals surface area (Å²) >= 11 is 0. The minimum absolute atomic E-state index is 0.0683. The smallest absolute Gasteiger partial charge is 0.276 e. The topological polar surface area (TPSA) is 80.5 Å². The highest BCUT2D eigenvalue weighted by Gasteiger charge is 2.17. The average Bonchev–Trinajstić information content (AvgIpc) is 2.73. The molecule has 1 N–H and O–H groups in total. The van der Waals surface area contributed by atoms with Crippen molar-refractivity contribution in [2.24, 2.45) is 0 Å². The maximum absolute atomic E-state index is 11.0. The van der Waals surface area contributed by atoms with Gasteiger partial charge >= 0.3 is 0 Å². The fourth-order valence-corrected chi connectivity index (χ4v) is 2.09. The van der Waals surface area contributed by atoms with E-state index in [1.807, 2.05) is 11.8 Å². The number of nitrogens with zero attached hydrogens (tertiary/aromatic N) is 3. The number of hydrogen-bond acceptors (Lipinski definition) is 6. The first kappa shape index (κ1) is 14.5. The van der Waals surface area contributed by atoms with Crippen LogP contribution in [-0.2, 0) is 4.74 Å². The molecular weight excluding hydrogens is 260 g/mol. The van der Waals surface area contributed by atoms with Crippen molar-refractivity contribution >= 4 is 17.3 Å². The fraction of sp³-hybridized carbons (Fsp3) is 0.615. The standard InChI is InChI=1S/C13H20N4O3/c1-2-4-14-12-9-11(17(18)19)10-13(15-12)16-5-3-7-20-8-6-16/h9-10H,2-8H2,1H3,(H,14,15). The Kier molecular flexibility index (Phi) is 5.11. The van der Waals surface area contributed by atoms with E-state index in [4.69, 9.17) is 4.74 Å². The number of aromatic nitrogens is 1. The number of rotatable bonds is 5. The van der Waals surface area contributed by atoms with Crippen molar-refractivity contribution in [1.82, 2.24) is 4.98 Å². The van der Waals surface area contributed by atoms with Gasteiger partial charge < -0.3 is 15.0 Å². The zero-order valence-electron chi connectivity index (χ0n) is 11.7. The van der Waals surface area contributed by atoms with Gasteiger partial charge in [-0.15, -0.1) is 0 Å². The Morgan fingerprint density at radius 3 is 3.05 bits per heavy atom. The van der Waals surface area contributed by atoms with E-state index in [0.717, 1.165) is 32.5 Å². The summed E-state index contributed by atoms with van der Waals surface area (Å²) in [6, 6.07) is 3.01. The predicted molar refractivity (Wildman–Crippen MR) is 77.3 cm³/mol. The summed E-state index contributed by atoms with van der Waals surface area (Å²) in [4.78, 5) is 17.2. The van der Waals surface area contributed by atoms with E-state index < -0.39 is 0 Å². The maximum Gasteiger partial charge on any atom is 0.276 e. The number of anilines is 2. The van der Waals surface area contributed by atoms with Gasteiger partial charge in [-0.25, -0.2) is 4.98 Å². The second-order valence-corrected chi connectivity index (χ2v) is 4.71. The highest BCUT2D eigenvalue weighted by molar-refractivity contribution is 5.56. The number of ether oxygens (including phenoxy) is 1. The molecule has 1 aromatic rings. The van der Waals surface area contributed by atoms with Crippen molar-refractivity contribution in [2.45, 2.75) is 19.8 Å². The molecule has 2 heterocycles. The lowest BCUT2D eigenvalue weighted by atomic mass is 10.3. The minimum Gasteiger partial charge on any atom is -0.380 e. The lowest BCUT2D eigenvalue weighted by molar-refractivity contribution is -0.384. The van der Waals surface area contributed by atoms with Crippen LogP contribution in [0, 0.1) is 10.1 Å². The monoisotopic (exact) mass is 280 g/mol. The van der Waals surface area contributed by atoms with E-state index in [2.05, 4.69) is 10.3 Å². The molecule has 0 aromatic carbocycles. The van der Waals surface area contributed by atoms with Crippen LogP contribution in [0.4, 0.5) is 17.3 Å². The Hall–Kier alpha value is -1.89. The summed E-state index contributed by atoms with van der Waals surface area (Å²) in [6.45, 7) is 5.66. The molecule has 7 nitrogen and oxygen atoms in total. The molecule has 7 heteroatoms. The third-order valence-electron chi connectivity index (χ3n) is 3.11. The van der Waals surface area contributed by atoms with Crippen LogP contribution in [0.15, 0.2) is 12.1 Å². The Morgan fingerprint density at radius 1 is 1.45 bits per heavy atom. The van der Waals surface area contributed by atoms with Gasteiger partial charge in [-0.05, 0) is 12.8 Å². The Balaban J connectivity index is 2.25. The molecule has 0 saturated carbocycles. The lowest BCUT2D eigenvalue weighted by Gasteiger charge is -2.21. The van der Waals surface area contributed by atoms with Gasteiger partial charge in [0.05, 0.1) is 23.7 Å². The van der Waals surface area contributed by atoms with E-state index in [1.54, 1.807) is 0 Å². The van der Waals surface area contributed by atoms with E-state index in [-0.39, 0.29) is 10.6 Å². The first-order chi connectivity index (χ1) is 9.70. The summed E-state index contributed by atoms with van der Waals surface area (Å²) in [5.74, 6) is 1.20. The van der Waals surface area contributed by atoms with E-state index >= 15 is 0 Å². The molecule has 2 rings (SSSR count). The fourth-order valence-electron chi connectivity index (χ4n) is 2.09. The molecule has 0 aliphatic carbocycles. The molecule has 1 aliphatic rings. The predicted octanol–water partition coefficient (Wildman–Crippen LogP) is 2.04. The molecule has 1 fully saturated rings. The lowest BCUT2D eigenvalue weighted by Crippen LogP contribution is -2.27. The van der Waals surface area contributed by atoms with Crippen molar-refractivity contribution in [2.75, 3.05) is 43.1 Å². The van der Waals surface area contributed by atoms with Crippen molar-refractivity contribution < 1.29 is 9.66 Å². The van der Waals surface area contributed by atoms with Gasteiger partial charge in [0.15, 0.2) is 0 Å². The van der Waals surface area contributed by atoms with Crippen LogP contribution in [0.2, 0.25) is 0 Å². The third kappa shape index (κ3) is 3.80. The van der Waals surface area contributed by atoms with Crippen molar-refractivity contribution in [3.8, 4) is 0 Å². The van der Waals surface area contributed by atoms with Gasteiger partial charge in [-0.3, -0.25) is 10.1 Å². The Morgan fingerprint density at radius 2 is 2.30 bits per heavy atom. The number of hydrogen-bond donors (Lipinski definition) is 1. The zero-order valence-corrected chi connectivity index (χ0v) is 11.7. The molecular formula is C13H20N4O3. The van der Waals surface area contributed by atoms with E-state index in [0.29, 0.717) is 24.8 Å². The van der Waals surface area contributed by atoms with Crippen LogP contribution < -0.4 is 10.2 Å². The Bertz CT molecular complexity index is 459. The normalized spacial score (nSPS) is 15.8. The van der Waals surface area contributed by atoms with Gasteiger partial charge in [0.1, 0.15) is 11.6 Å². The number of pyridine rings is 1. The highest BCUT2D eigenvalue weighted by atomic mass is 16.6. The van der Waals surface area contributed by atoms with E-state index in [1.165, 1.54) is 12.1 Å². The SMILES string of the molecule is CCCNc1cc([N+](=O)[O-])cc(N2CCCOCC2)n1. The van der Waals surface area contributed by atoms with Crippen LogP contribution >= 0.6 is 0 Å². The summed E-state index contributed by atoms with van der Waals surface area (Å²) in [6.07, 6.45) is 1.85. The van der Waals surface area contributed by atoms with Crippen LogP contribution in [0.25, 0.3) is 0 Å². The van der Waals surface area contributed by atoms with Gasteiger partial charge in [0.25, 0.3) is 5.69 Å². The molecule has 1 aliphatic heterocycles. The van der Waals surface area contributed by atoms with Crippen molar-refractivity contribution in [3.05, 3.63) is 22.2 Å². The quantitative estimate of drug-likeness (QED) is 0.656. The molecule has 0 bridgehead atoms. The van der Waals surface area contributed by atoms with Gasteiger partial charge in [0.2, 0.25) is 0 Å². The van der Waals surface area contributed by atoms with Gasteiger partial charge in [-0.1, -0.05) is 6.92 Å². The van der Waals surface area contributed by atoms with Crippen LogP contribution in [0.3, 0.4) is 0 Å². The summed E-state index contributed by atoms with van der Waals surface area (Å²) in [5, 5.41) is 14.1. The van der Waals surface area contributed by atoms with Gasteiger partial charge in [-0.2, -0.15) is 0 Å². The first-order valence-corrected chi connectivity index (χ1v) is 6.93. The van der Waals surface area contributed by atoms with Crippen molar-refractivity contribution in [3.63, 3.8) is 0 Å². The second kappa shape index (κ2) is 7.04. The van der Waals surface area contributed by atoms with Crippen LogP contribution in [-0.4, -0.2) is 42.8 Å². The first-order valence-electron chi connectivity index (χ1n) is 6.93. The van der Waals surface area contributed by atoms with E-state index in [9.17, 15) is 10.1 Å². The molecule has 0 atom stereocenters. The summed E-state index contributed by atoms with van der Waals surface area (Å²) in [5.41, 5.74) is 0.0683. The number of nitro groups is 1. The molecule has 1 aromatic heterocycles. The molecule has 110 valence electrons. The Labute approximate surface area is 118 Å².